The SMILES string of the molecule is Cc1ccccc1NC(=O)COc1ccc(/C=N\NC(=O)CSc2ccc([N+](=O)[O-])cc2)cc1. The Balaban J connectivity index is 1.39. The van der Waals surface area contributed by atoms with Crippen molar-refractivity contribution in [1.29, 1.82) is 0 Å². The number of nitro benzene ring substituents is 1. The fourth-order valence-corrected chi connectivity index (χ4v) is 3.41. The molecule has 0 aliphatic rings. The lowest BCUT2D eigenvalue weighted by Gasteiger charge is -2.09. The summed E-state index contributed by atoms with van der Waals surface area (Å²) in [4.78, 5) is 34.9. The molecule has 34 heavy (non-hydrogen) atoms. The van der Waals surface area contributed by atoms with Crippen molar-refractivity contribution in [3.05, 3.63) is 94.0 Å². The number of benzene rings is 3. The number of ether oxygens (including phenoxy) is 1. The maximum absolute atomic E-state index is 12.1. The van der Waals surface area contributed by atoms with E-state index >= 15 is 0 Å². The lowest BCUT2D eigenvalue weighted by molar-refractivity contribution is -0.384. The molecule has 0 saturated carbocycles. The number of hydrogen-bond donors (Lipinski definition) is 2. The highest BCUT2D eigenvalue weighted by molar-refractivity contribution is 8.00. The molecule has 0 saturated heterocycles. The number of hydrogen-bond acceptors (Lipinski definition) is 7. The summed E-state index contributed by atoms with van der Waals surface area (Å²) in [6, 6.07) is 20.4. The Kier molecular flexibility index (Phi) is 8.75. The first-order chi connectivity index (χ1) is 16.4. The standard InChI is InChI=1S/C24H22N4O5S/c1-17-4-2-3-5-22(17)26-23(29)15-33-20-10-6-18(7-11-20)14-25-27-24(30)16-34-21-12-8-19(9-13-21)28(31)32/h2-14H,15-16H2,1H3,(H,26,29)(H,27,30)/b25-14-. The second kappa shape index (κ2) is 12.2. The van der Waals surface area contributed by atoms with Crippen LogP contribution in [-0.2, 0) is 9.59 Å². The number of para-hydroxylation sites is 1. The van der Waals surface area contributed by atoms with Gasteiger partial charge in [0.1, 0.15) is 5.75 Å². The van der Waals surface area contributed by atoms with Gasteiger partial charge >= 0.3 is 0 Å². The van der Waals surface area contributed by atoms with Gasteiger partial charge in [-0.25, -0.2) is 5.43 Å². The van der Waals surface area contributed by atoms with E-state index in [1.807, 2.05) is 31.2 Å². The van der Waals surface area contributed by atoms with Crippen LogP contribution in [0.2, 0.25) is 0 Å². The zero-order chi connectivity index (χ0) is 24.3. The first-order valence-electron chi connectivity index (χ1n) is 10.2. The third-order valence-corrected chi connectivity index (χ3v) is 5.50. The maximum atomic E-state index is 12.1. The van der Waals surface area contributed by atoms with Gasteiger partial charge in [0.15, 0.2) is 6.61 Å². The second-order valence-corrected chi connectivity index (χ2v) is 8.10. The highest BCUT2D eigenvalue weighted by Gasteiger charge is 2.07. The molecule has 0 unspecified atom stereocenters. The Hall–Kier alpha value is -4.18. The normalized spacial score (nSPS) is 10.6. The van der Waals surface area contributed by atoms with E-state index in [0.717, 1.165) is 21.7 Å². The Morgan fingerprint density at radius 1 is 1.03 bits per heavy atom. The summed E-state index contributed by atoms with van der Waals surface area (Å²) < 4.78 is 5.51. The smallest absolute Gasteiger partial charge is 0.269 e. The highest BCUT2D eigenvalue weighted by Crippen LogP contribution is 2.21. The quantitative estimate of drug-likeness (QED) is 0.195. The fraction of sp³-hybridized carbons (Fsp3) is 0.125. The Morgan fingerprint density at radius 3 is 2.41 bits per heavy atom. The minimum absolute atomic E-state index is 0.000328. The van der Waals surface area contributed by atoms with Crippen LogP contribution < -0.4 is 15.5 Å². The Bertz CT molecular complexity index is 1180. The van der Waals surface area contributed by atoms with Crippen molar-refractivity contribution in [3.8, 4) is 5.75 Å². The van der Waals surface area contributed by atoms with E-state index < -0.39 is 4.92 Å². The van der Waals surface area contributed by atoms with Crippen molar-refractivity contribution in [3.63, 3.8) is 0 Å². The van der Waals surface area contributed by atoms with E-state index in [0.29, 0.717) is 5.75 Å². The Morgan fingerprint density at radius 2 is 1.74 bits per heavy atom. The van der Waals surface area contributed by atoms with Crippen LogP contribution in [0.1, 0.15) is 11.1 Å². The molecule has 10 heteroatoms. The van der Waals surface area contributed by atoms with Crippen molar-refractivity contribution < 1.29 is 19.2 Å². The molecule has 3 aromatic carbocycles. The molecular formula is C24H22N4O5S. The van der Waals surface area contributed by atoms with Crippen molar-refractivity contribution in [1.82, 2.24) is 5.43 Å². The first-order valence-corrected chi connectivity index (χ1v) is 11.2. The zero-order valence-corrected chi connectivity index (χ0v) is 19.1. The third kappa shape index (κ3) is 7.75. The molecule has 0 aliphatic carbocycles. The van der Waals surface area contributed by atoms with Gasteiger partial charge in [0.05, 0.1) is 16.9 Å². The number of nitrogens with one attached hydrogen (secondary N) is 2. The van der Waals surface area contributed by atoms with E-state index in [1.165, 1.54) is 30.1 Å². The number of aryl methyl sites for hydroxylation is 1. The average molecular weight is 479 g/mol. The molecule has 0 heterocycles. The summed E-state index contributed by atoms with van der Waals surface area (Å²) in [7, 11) is 0. The molecule has 3 aromatic rings. The van der Waals surface area contributed by atoms with Gasteiger partial charge in [-0.3, -0.25) is 19.7 Å². The maximum Gasteiger partial charge on any atom is 0.269 e. The molecule has 0 fully saturated rings. The number of nitrogens with zero attached hydrogens (tertiary/aromatic N) is 2. The molecule has 0 radical (unpaired) electrons. The lowest BCUT2D eigenvalue weighted by Crippen LogP contribution is -2.20. The monoisotopic (exact) mass is 478 g/mol. The number of rotatable bonds is 10. The summed E-state index contributed by atoms with van der Waals surface area (Å²) in [5, 5.41) is 17.4. The molecule has 9 nitrogen and oxygen atoms in total. The lowest BCUT2D eigenvalue weighted by atomic mass is 10.2. The number of carbonyl (C=O) groups is 2. The van der Waals surface area contributed by atoms with Gasteiger partial charge in [-0.1, -0.05) is 18.2 Å². The molecule has 0 aliphatic heterocycles. The van der Waals surface area contributed by atoms with Crippen molar-refractivity contribution in [2.75, 3.05) is 17.7 Å². The minimum Gasteiger partial charge on any atom is -0.484 e. The minimum atomic E-state index is -0.474. The van der Waals surface area contributed by atoms with Crippen LogP contribution in [0.3, 0.4) is 0 Å². The van der Waals surface area contributed by atoms with E-state index in [9.17, 15) is 19.7 Å². The van der Waals surface area contributed by atoms with E-state index in [4.69, 9.17) is 4.74 Å². The van der Waals surface area contributed by atoms with Crippen LogP contribution in [0.5, 0.6) is 5.75 Å². The molecule has 174 valence electrons. The summed E-state index contributed by atoms with van der Waals surface area (Å²) in [6.45, 7) is 1.79. The van der Waals surface area contributed by atoms with Crippen LogP contribution in [0, 0.1) is 17.0 Å². The van der Waals surface area contributed by atoms with Gasteiger partial charge in [0, 0.05) is 22.7 Å². The number of nitro groups is 1. The largest absolute Gasteiger partial charge is 0.484 e. The predicted octanol–water partition coefficient (Wildman–Crippen LogP) is 4.16. The molecular weight excluding hydrogens is 456 g/mol. The van der Waals surface area contributed by atoms with Gasteiger partial charge in [-0.15, -0.1) is 11.8 Å². The first kappa shape index (κ1) is 24.5. The summed E-state index contributed by atoms with van der Waals surface area (Å²) in [5.41, 5.74) is 4.88. The van der Waals surface area contributed by atoms with Gasteiger partial charge < -0.3 is 10.1 Å². The van der Waals surface area contributed by atoms with Crippen LogP contribution in [0.25, 0.3) is 0 Å². The van der Waals surface area contributed by atoms with Gasteiger partial charge in [-0.05, 0) is 60.5 Å². The number of thioether (sulfide) groups is 1. The second-order valence-electron chi connectivity index (χ2n) is 7.05. The summed E-state index contributed by atoms with van der Waals surface area (Å²) in [5.74, 6) is 0.0843. The van der Waals surface area contributed by atoms with Gasteiger partial charge in [0.25, 0.3) is 11.6 Å². The van der Waals surface area contributed by atoms with Crippen molar-refractivity contribution >= 4 is 41.2 Å². The Labute approximate surface area is 200 Å². The average Bonchev–Trinajstić information content (AvgIpc) is 2.84. The zero-order valence-electron chi connectivity index (χ0n) is 18.3. The molecule has 0 aromatic heterocycles. The molecule has 0 atom stereocenters. The number of amides is 2. The van der Waals surface area contributed by atoms with Gasteiger partial charge in [-0.2, -0.15) is 5.10 Å². The number of carbonyl (C=O) groups excluding carboxylic acids is 2. The topological polar surface area (TPSA) is 123 Å². The third-order valence-electron chi connectivity index (χ3n) is 4.49. The number of hydrazone groups is 1. The van der Waals surface area contributed by atoms with Gasteiger partial charge in [0.2, 0.25) is 5.91 Å². The fourth-order valence-electron chi connectivity index (χ4n) is 2.72. The van der Waals surface area contributed by atoms with E-state index in [2.05, 4.69) is 15.8 Å². The van der Waals surface area contributed by atoms with Crippen LogP contribution >= 0.6 is 11.8 Å². The van der Waals surface area contributed by atoms with Crippen molar-refractivity contribution in [2.45, 2.75) is 11.8 Å². The summed E-state index contributed by atoms with van der Waals surface area (Å²) in [6.07, 6.45) is 1.49. The molecule has 0 bridgehead atoms. The molecule has 3 rings (SSSR count). The number of non-ortho nitro benzene ring substituents is 1. The summed E-state index contributed by atoms with van der Waals surface area (Å²) >= 11 is 1.25. The predicted molar refractivity (Wildman–Crippen MR) is 131 cm³/mol. The van der Waals surface area contributed by atoms with E-state index in [-0.39, 0.29) is 29.9 Å². The van der Waals surface area contributed by atoms with Crippen LogP contribution in [0.15, 0.2) is 82.8 Å². The number of anilines is 1. The van der Waals surface area contributed by atoms with Crippen LogP contribution in [-0.4, -0.2) is 35.3 Å². The highest BCUT2D eigenvalue weighted by atomic mass is 32.2. The van der Waals surface area contributed by atoms with E-state index in [1.54, 1.807) is 36.4 Å². The molecule has 0 spiro atoms. The van der Waals surface area contributed by atoms with Crippen LogP contribution in [0.4, 0.5) is 11.4 Å². The molecule has 2 N–H and O–H groups in total. The molecule has 2 amide bonds. The van der Waals surface area contributed by atoms with Crippen molar-refractivity contribution in [2.24, 2.45) is 5.10 Å².